The Hall–Kier alpha value is -0.830. The minimum Gasteiger partial charge on any atom is -0.465 e. The molecule has 1 saturated heterocycles. The van der Waals surface area contributed by atoms with Crippen LogP contribution < -0.4 is 0 Å². The van der Waals surface area contributed by atoms with Gasteiger partial charge >= 0.3 is 5.97 Å². The van der Waals surface area contributed by atoms with Gasteiger partial charge in [-0.2, -0.15) is 0 Å². The van der Waals surface area contributed by atoms with Crippen molar-refractivity contribution >= 4 is 5.97 Å². The summed E-state index contributed by atoms with van der Waals surface area (Å²) in [4.78, 5) is 11.5. The summed E-state index contributed by atoms with van der Waals surface area (Å²) in [7, 11) is 0. The van der Waals surface area contributed by atoms with Crippen LogP contribution in [0.25, 0.3) is 0 Å². The van der Waals surface area contributed by atoms with Crippen LogP contribution in [-0.2, 0) is 14.3 Å². The Balaban J connectivity index is 1.61. The predicted octanol–water partition coefficient (Wildman–Crippen LogP) is 2.46. The van der Waals surface area contributed by atoms with Crippen molar-refractivity contribution in [3.8, 4) is 0 Å². The minimum absolute atomic E-state index is 0.0959. The van der Waals surface area contributed by atoms with E-state index in [0.29, 0.717) is 18.9 Å². The molecular formula is C13H20O3. The summed E-state index contributed by atoms with van der Waals surface area (Å²) < 4.78 is 10.7. The van der Waals surface area contributed by atoms with Crippen LogP contribution in [0, 0.1) is 5.92 Å². The standard InChI is InChI=1S/C13H20O3/c14-13(9-12-7-4-8-15-12)16-10-11-5-2-1-3-6-11/h1-2,11-12H,3-10H2. The highest BCUT2D eigenvalue weighted by Gasteiger charge is 2.20. The van der Waals surface area contributed by atoms with Crippen molar-refractivity contribution < 1.29 is 14.3 Å². The molecule has 0 amide bonds. The van der Waals surface area contributed by atoms with Gasteiger partial charge in [-0.3, -0.25) is 4.79 Å². The van der Waals surface area contributed by atoms with Gasteiger partial charge in [0, 0.05) is 6.61 Å². The third kappa shape index (κ3) is 3.63. The molecule has 3 nitrogen and oxygen atoms in total. The summed E-state index contributed by atoms with van der Waals surface area (Å²) in [5, 5.41) is 0. The molecule has 90 valence electrons. The lowest BCUT2D eigenvalue weighted by atomic mass is 9.95. The van der Waals surface area contributed by atoms with Crippen LogP contribution in [0.3, 0.4) is 0 Å². The van der Waals surface area contributed by atoms with Crippen molar-refractivity contribution in [2.24, 2.45) is 5.92 Å². The van der Waals surface area contributed by atoms with Gasteiger partial charge in [-0.25, -0.2) is 0 Å². The van der Waals surface area contributed by atoms with Gasteiger partial charge < -0.3 is 9.47 Å². The topological polar surface area (TPSA) is 35.5 Å². The zero-order chi connectivity index (χ0) is 11.2. The lowest BCUT2D eigenvalue weighted by Gasteiger charge is -2.18. The molecule has 2 unspecified atom stereocenters. The van der Waals surface area contributed by atoms with Crippen LogP contribution in [0.15, 0.2) is 12.2 Å². The molecule has 3 heteroatoms. The lowest BCUT2D eigenvalue weighted by molar-refractivity contribution is -0.147. The van der Waals surface area contributed by atoms with Crippen molar-refractivity contribution in [1.82, 2.24) is 0 Å². The second kappa shape index (κ2) is 6.04. The van der Waals surface area contributed by atoms with Gasteiger partial charge in [-0.05, 0) is 38.0 Å². The fraction of sp³-hybridized carbons (Fsp3) is 0.769. The molecule has 1 fully saturated rings. The molecule has 2 atom stereocenters. The first-order valence-corrected chi connectivity index (χ1v) is 6.27. The van der Waals surface area contributed by atoms with E-state index in [1.807, 2.05) is 0 Å². The largest absolute Gasteiger partial charge is 0.465 e. The molecule has 0 saturated carbocycles. The third-order valence-electron chi connectivity index (χ3n) is 3.28. The van der Waals surface area contributed by atoms with E-state index in [0.717, 1.165) is 38.7 Å². The first kappa shape index (κ1) is 11.6. The molecule has 2 rings (SSSR count). The predicted molar refractivity (Wildman–Crippen MR) is 61.0 cm³/mol. The van der Waals surface area contributed by atoms with Crippen LogP contribution in [0.1, 0.15) is 38.5 Å². The maximum atomic E-state index is 11.5. The van der Waals surface area contributed by atoms with Gasteiger partial charge in [0.2, 0.25) is 0 Å². The summed E-state index contributed by atoms with van der Waals surface area (Å²) in [5.41, 5.74) is 0. The highest BCUT2D eigenvalue weighted by molar-refractivity contribution is 5.70. The molecule has 0 aromatic rings. The van der Waals surface area contributed by atoms with Gasteiger partial charge in [0.25, 0.3) is 0 Å². The number of esters is 1. The Kier molecular flexibility index (Phi) is 4.40. The third-order valence-corrected chi connectivity index (χ3v) is 3.28. The molecule has 2 aliphatic rings. The number of rotatable bonds is 4. The summed E-state index contributed by atoms with van der Waals surface area (Å²) in [6.07, 6.45) is 10.3. The van der Waals surface area contributed by atoms with Crippen LogP contribution in [-0.4, -0.2) is 25.3 Å². The Morgan fingerprint density at radius 1 is 1.38 bits per heavy atom. The molecule has 0 bridgehead atoms. The van der Waals surface area contributed by atoms with E-state index in [9.17, 15) is 4.79 Å². The van der Waals surface area contributed by atoms with E-state index in [-0.39, 0.29) is 12.1 Å². The minimum atomic E-state index is -0.0959. The fourth-order valence-corrected chi connectivity index (χ4v) is 2.27. The molecule has 1 heterocycles. The smallest absolute Gasteiger partial charge is 0.308 e. The second-order valence-corrected chi connectivity index (χ2v) is 4.67. The SMILES string of the molecule is O=C(CC1CCCO1)OCC1CC=CCC1. The molecule has 0 radical (unpaired) electrons. The van der Waals surface area contributed by atoms with Crippen LogP contribution in [0.2, 0.25) is 0 Å². The van der Waals surface area contributed by atoms with Crippen molar-refractivity contribution in [1.29, 1.82) is 0 Å². The number of ether oxygens (including phenoxy) is 2. The molecule has 16 heavy (non-hydrogen) atoms. The Morgan fingerprint density at radius 3 is 3.00 bits per heavy atom. The van der Waals surface area contributed by atoms with Gasteiger partial charge in [-0.15, -0.1) is 0 Å². The summed E-state index contributed by atoms with van der Waals surface area (Å²) >= 11 is 0. The zero-order valence-corrected chi connectivity index (χ0v) is 9.69. The Labute approximate surface area is 96.8 Å². The second-order valence-electron chi connectivity index (χ2n) is 4.67. The molecular weight excluding hydrogens is 204 g/mol. The molecule has 0 aromatic heterocycles. The normalized spacial score (nSPS) is 29.2. The van der Waals surface area contributed by atoms with Gasteiger partial charge in [0.15, 0.2) is 0 Å². The van der Waals surface area contributed by atoms with Gasteiger partial charge in [0.05, 0.1) is 19.1 Å². The van der Waals surface area contributed by atoms with Crippen LogP contribution >= 0.6 is 0 Å². The average molecular weight is 224 g/mol. The monoisotopic (exact) mass is 224 g/mol. The van der Waals surface area contributed by atoms with E-state index in [4.69, 9.17) is 9.47 Å². The summed E-state index contributed by atoms with van der Waals surface area (Å²) in [5.74, 6) is 0.430. The van der Waals surface area contributed by atoms with Crippen LogP contribution in [0.5, 0.6) is 0 Å². The molecule has 1 aliphatic carbocycles. The van der Waals surface area contributed by atoms with Crippen molar-refractivity contribution in [2.75, 3.05) is 13.2 Å². The maximum Gasteiger partial charge on any atom is 0.308 e. The number of allylic oxidation sites excluding steroid dienone is 2. The van der Waals surface area contributed by atoms with Gasteiger partial charge in [0.1, 0.15) is 0 Å². The van der Waals surface area contributed by atoms with Crippen molar-refractivity contribution in [2.45, 2.75) is 44.6 Å². The maximum absolute atomic E-state index is 11.5. The quantitative estimate of drug-likeness (QED) is 0.543. The summed E-state index contributed by atoms with van der Waals surface area (Å²) in [6.45, 7) is 1.38. The first-order chi connectivity index (χ1) is 7.84. The lowest BCUT2D eigenvalue weighted by Crippen LogP contribution is -2.19. The highest BCUT2D eigenvalue weighted by atomic mass is 16.5. The number of hydrogen-bond acceptors (Lipinski definition) is 3. The van der Waals surface area contributed by atoms with Crippen LogP contribution in [0.4, 0.5) is 0 Å². The highest BCUT2D eigenvalue weighted by Crippen LogP contribution is 2.19. The molecule has 0 N–H and O–H groups in total. The van der Waals surface area contributed by atoms with Crippen molar-refractivity contribution in [3.05, 3.63) is 12.2 Å². The van der Waals surface area contributed by atoms with Gasteiger partial charge in [-0.1, -0.05) is 12.2 Å². The first-order valence-electron chi connectivity index (χ1n) is 6.27. The number of hydrogen-bond donors (Lipinski definition) is 0. The van der Waals surface area contributed by atoms with E-state index < -0.39 is 0 Å². The molecule has 0 spiro atoms. The van der Waals surface area contributed by atoms with E-state index in [1.165, 1.54) is 0 Å². The van der Waals surface area contributed by atoms with E-state index in [1.54, 1.807) is 0 Å². The average Bonchev–Trinajstić information content (AvgIpc) is 2.81. The fourth-order valence-electron chi connectivity index (χ4n) is 2.27. The number of carbonyl (C=O) groups excluding carboxylic acids is 1. The van der Waals surface area contributed by atoms with E-state index in [2.05, 4.69) is 12.2 Å². The number of carbonyl (C=O) groups is 1. The Bertz CT molecular complexity index is 254. The Morgan fingerprint density at radius 2 is 2.31 bits per heavy atom. The zero-order valence-electron chi connectivity index (χ0n) is 9.69. The van der Waals surface area contributed by atoms with Crippen molar-refractivity contribution in [3.63, 3.8) is 0 Å². The summed E-state index contributed by atoms with van der Waals surface area (Å²) in [6, 6.07) is 0. The molecule has 1 aliphatic heterocycles. The molecule has 0 aromatic carbocycles. The van der Waals surface area contributed by atoms with E-state index >= 15 is 0 Å².